The normalized spacial score (nSPS) is 15.9. The van der Waals surface area contributed by atoms with E-state index in [4.69, 9.17) is 0 Å². The van der Waals surface area contributed by atoms with E-state index in [2.05, 4.69) is 244 Å². The van der Waals surface area contributed by atoms with Crippen LogP contribution in [0.4, 0.5) is 34.1 Å². The van der Waals surface area contributed by atoms with E-state index in [-0.39, 0.29) is 21.7 Å². The molecule has 133 heavy (non-hydrogen) atoms. The molecule has 2 aromatic heterocycles. The average molecular weight is 1770 g/mol. The second-order valence-corrected chi connectivity index (χ2v) is 49.8. The van der Waals surface area contributed by atoms with Crippen molar-refractivity contribution >= 4 is 101 Å². The average Bonchev–Trinajstić information content (AvgIpc) is 1.18. The fraction of sp³-hybridized carbons (Fsp3) is 0.391. The van der Waals surface area contributed by atoms with Gasteiger partial charge in [-0.05, 0) is 307 Å². The number of aromatic nitrogens is 2. The van der Waals surface area contributed by atoms with Crippen LogP contribution in [-0.2, 0) is 65.3 Å². The number of rotatable bonds is 14. The molecule has 0 amide bonds. The fourth-order valence-corrected chi connectivity index (χ4v) is 20.1. The summed E-state index contributed by atoms with van der Waals surface area (Å²) in [7, 11) is 0. The first-order valence-corrected chi connectivity index (χ1v) is 48.5. The minimum atomic E-state index is -2.07. The van der Waals surface area contributed by atoms with E-state index in [1.54, 1.807) is 0 Å². The van der Waals surface area contributed by atoms with Gasteiger partial charge in [-0.1, -0.05) is 362 Å². The zero-order valence-electron chi connectivity index (χ0n) is 98.0. The van der Waals surface area contributed by atoms with Gasteiger partial charge >= 0.3 is 0 Å². The van der Waals surface area contributed by atoms with Crippen LogP contribution in [0.3, 0.4) is 0 Å². The Morgan fingerprint density at radius 2 is 0.466 bits per heavy atom. The summed E-state index contributed by atoms with van der Waals surface area (Å²) < 4.78 is 130. The quantitative estimate of drug-likeness (QED) is 0.101. The maximum absolute atomic E-state index is 10.8. The molecule has 0 fully saturated rings. The van der Waals surface area contributed by atoms with Gasteiger partial charge in [0, 0.05) is 94.4 Å². The van der Waals surface area contributed by atoms with E-state index in [9.17, 15) is 16.4 Å². The highest BCUT2D eigenvalue weighted by atomic mass is 15.2. The maximum Gasteiger partial charge on any atom is 0.252 e. The van der Waals surface area contributed by atoms with Crippen molar-refractivity contribution in [2.75, 3.05) is 9.80 Å². The van der Waals surface area contributed by atoms with E-state index in [1.165, 1.54) is 22.3 Å². The van der Waals surface area contributed by atoms with Gasteiger partial charge in [-0.15, -0.1) is 0 Å². The lowest BCUT2D eigenvalue weighted by molar-refractivity contribution is 0.410. The zero-order chi connectivity index (χ0) is 107. The Hall–Kier alpha value is -10.9. The van der Waals surface area contributed by atoms with Crippen molar-refractivity contribution in [1.82, 2.24) is 9.13 Å². The molecule has 0 N–H and O–H groups in total. The molecule has 2 aliphatic rings. The molecule has 0 aliphatic carbocycles. The zero-order valence-corrected chi connectivity index (χ0v) is 86.0. The topological polar surface area (TPSA) is 16.3 Å². The van der Waals surface area contributed by atoms with Crippen molar-refractivity contribution in [3.8, 4) is 55.9 Å². The Balaban J connectivity index is 1.15. The predicted octanol–water partition coefficient (Wildman–Crippen LogP) is 34.7. The Bertz CT molecular complexity index is 6960. The van der Waals surface area contributed by atoms with Crippen LogP contribution in [0.25, 0.3) is 99.5 Å². The second kappa shape index (κ2) is 33.0. The first-order valence-electron chi connectivity index (χ1n) is 54.5. The van der Waals surface area contributed by atoms with E-state index in [1.807, 2.05) is 246 Å². The summed E-state index contributed by atoms with van der Waals surface area (Å²) in [5.41, 5.74) is 18.5. The van der Waals surface area contributed by atoms with Crippen molar-refractivity contribution < 1.29 is 16.4 Å². The predicted molar refractivity (Wildman–Crippen MR) is 583 cm³/mol. The molecule has 0 radical (unpaired) electrons. The Labute approximate surface area is 817 Å². The summed E-state index contributed by atoms with van der Waals surface area (Å²) in [6.07, 6.45) is -11.8. The maximum atomic E-state index is 10.8. The van der Waals surface area contributed by atoms with E-state index >= 15 is 0 Å². The Kier molecular flexibility index (Phi) is 19.7. The highest BCUT2D eigenvalue weighted by Crippen LogP contribution is 2.57. The van der Waals surface area contributed by atoms with Gasteiger partial charge in [0.2, 0.25) is 0 Å². The van der Waals surface area contributed by atoms with Gasteiger partial charge in [-0.3, -0.25) is 0 Å². The van der Waals surface area contributed by atoms with Crippen LogP contribution in [0.15, 0.2) is 243 Å². The lowest BCUT2D eigenvalue weighted by Crippen LogP contribution is -2.61. The van der Waals surface area contributed by atoms with Crippen LogP contribution in [0.2, 0.25) is 0 Å². The minimum Gasteiger partial charge on any atom is -0.310 e. The molecule has 0 atom stereocenters. The van der Waals surface area contributed by atoms with Crippen molar-refractivity contribution in [3.05, 3.63) is 304 Å². The van der Waals surface area contributed by atoms with Crippen LogP contribution in [-0.4, -0.2) is 15.8 Å². The number of hydrogen-bond donors (Lipinski definition) is 0. The summed E-state index contributed by atoms with van der Waals surface area (Å²) in [6, 6.07) is 85.9. The van der Waals surface area contributed by atoms with E-state index in [0.29, 0.717) is 89.3 Å². The molecular weight excluding hydrogens is 1600 g/mol. The molecule has 0 saturated carbocycles. The standard InChI is InChI=1S/C128H151BN4/c1-118(2,3)74-80-38-34-42-86(58-80)97-62-84(78-122(13,14)15)63-98(87-43-35-39-81(59-87)75-119(4,5)6)116(97)132-111-72-95(130-107-54-46-90(124(19,20)21)66-101(107)102-67-91(125(22,23)24)47-55-108(102)130)50-52-105(111)129-106-53-51-96(131-109-56-48-92(126(25,26)27)68-103(109)104-69-93(127(28,29)30)49-57-110(104)131)73-112(106)133(114-71-94(128(31,32)33)70-113(132)115(114)129)117-99(88-44-36-40-82(60-88)76-120(7,8)9)64-85(79-123(16,17)18)65-100(117)89-45-37-41-83(61-89)77-121(10,11)12/h34-73H,74-79H2,1-33H3/i74D2,75D2,76D2,77D2,78D2,79D2. The largest absolute Gasteiger partial charge is 0.310 e. The number of nitrogens with zero attached hydrogens (tertiary/aromatic N) is 4. The smallest absolute Gasteiger partial charge is 0.252 e. The van der Waals surface area contributed by atoms with Crippen molar-refractivity contribution in [1.29, 1.82) is 0 Å². The van der Waals surface area contributed by atoms with Gasteiger partial charge in [0.25, 0.3) is 6.71 Å². The van der Waals surface area contributed by atoms with Crippen molar-refractivity contribution in [2.45, 2.75) is 294 Å². The van der Waals surface area contributed by atoms with Crippen LogP contribution >= 0.6 is 0 Å². The minimum absolute atomic E-state index is 0.212. The molecule has 0 unspecified atom stereocenters. The monoisotopic (exact) mass is 1770 g/mol. The molecule has 15 aromatic rings. The molecule has 13 aromatic carbocycles. The SMILES string of the molecule is [2H]C([2H])(c1cccc(-c2cc(C([2H])([2H])C(C)(C)C)cc(-c3cccc(C([2H])([2H])C(C)(C)C)c3)c2N2c3cc(-n4c5ccc(C(C)(C)C)cc5c5cc(C(C)(C)C)ccc54)ccc3B3c4ccc(-n5c6ccc(C(C)(C)C)cc6c6cc(C(C)(C)C)ccc65)cc4N(c4c(-c5cccc(C([2H])([2H])C(C)(C)C)c5)cc(C([2H])([2H])C(C)(C)C)cc4-c4cccc(C([2H])([2H])C(C)(C)C)c4)c4cc(C(C)(C)C)cc2c43)c1)C(C)(C)C. The first-order chi connectivity index (χ1) is 66.4. The summed E-state index contributed by atoms with van der Waals surface area (Å²) in [4.78, 5) is 4.88. The highest BCUT2D eigenvalue weighted by Gasteiger charge is 2.47. The number of hydrogen-bond acceptors (Lipinski definition) is 2. The van der Waals surface area contributed by atoms with Gasteiger partial charge in [0.15, 0.2) is 0 Å². The third kappa shape index (κ3) is 19.2. The third-order valence-corrected chi connectivity index (χ3v) is 25.9. The lowest BCUT2D eigenvalue weighted by atomic mass is 9.33. The van der Waals surface area contributed by atoms with Gasteiger partial charge in [0.05, 0.1) is 33.4 Å². The number of benzene rings is 13. The van der Waals surface area contributed by atoms with Gasteiger partial charge in [-0.2, -0.15) is 0 Å². The van der Waals surface area contributed by atoms with Gasteiger partial charge in [0.1, 0.15) is 0 Å². The van der Waals surface area contributed by atoms with Crippen LogP contribution < -0.4 is 26.2 Å². The van der Waals surface area contributed by atoms with Crippen molar-refractivity contribution in [2.24, 2.45) is 32.5 Å². The number of anilines is 6. The molecule has 4 nitrogen and oxygen atoms in total. The van der Waals surface area contributed by atoms with E-state index in [0.717, 1.165) is 99.7 Å². The van der Waals surface area contributed by atoms with Crippen molar-refractivity contribution in [3.63, 3.8) is 0 Å². The molecule has 17 rings (SSSR count). The molecular formula is C128H151BN4. The van der Waals surface area contributed by atoms with Gasteiger partial charge in [-0.25, -0.2) is 0 Å². The summed E-state index contributed by atoms with van der Waals surface area (Å²) in [5, 5.41) is 4.43. The first kappa shape index (κ1) is 79.5. The summed E-state index contributed by atoms with van der Waals surface area (Å²) in [5.74, 6) is 0. The molecule has 5 heteroatoms. The molecule has 4 heterocycles. The van der Waals surface area contributed by atoms with Crippen LogP contribution in [0.1, 0.15) is 306 Å². The third-order valence-electron chi connectivity index (χ3n) is 25.9. The highest BCUT2D eigenvalue weighted by molar-refractivity contribution is 7.00. The number of fused-ring (bicyclic) bond motifs is 10. The van der Waals surface area contributed by atoms with Crippen LogP contribution in [0.5, 0.6) is 0 Å². The van der Waals surface area contributed by atoms with E-state index < -0.39 is 82.9 Å². The molecule has 2 aliphatic heterocycles. The van der Waals surface area contributed by atoms with Crippen LogP contribution in [0, 0.1) is 32.5 Å². The Morgan fingerprint density at radius 1 is 0.226 bits per heavy atom. The Morgan fingerprint density at radius 3 is 0.699 bits per heavy atom. The summed E-state index contributed by atoms with van der Waals surface area (Å²) in [6.45, 7) is 68.0. The lowest BCUT2D eigenvalue weighted by Gasteiger charge is -2.46. The fourth-order valence-electron chi connectivity index (χ4n) is 20.1. The molecule has 0 bridgehead atoms. The summed E-state index contributed by atoms with van der Waals surface area (Å²) >= 11 is 0. The molecule has 0 saturated heterocycles. The van der Waals surface area contributed by atoms with Gasteiger partial charge < -0.3 is 18.9 Å². The molecule has 686 valence electrons. The molecule has 0 spiro atoms. The second-order valence-electron chi connectivity index (χ2n) is 49.8.